The first-order chi connectivity index (χ1) is 19.8. The Kier molecular flexibility index (Phi) is 13.3. The van der Waals surface area contributed by atoms with Gasteiger partial charge in [0.05, 0.1) is 0 Å². The average Bonchev–Trinajstić information content (AvgIpc) is 2.85. The molecule has 0 saturated carbocycles. The number of aromatic hydroxyl groups is 2. The molecule has 1 atom stereocenters. The molecule has 0 saturated heterocycles. The molecule has 0 aliphatic carbocycles. The van der Waals surface area contributed by atoms with Gasteiger partial charge in [0.25, 0.3) is 0 Å². The predicted octanol–water partition coefficient (Wildman–Crippen LogP) is 10.1. The van der Waals surface area contributed by atoms with E-state index in [1.165, 1.54) is 25.0 Å². The Balaban J connectivity index is 0.00000227. The highest BCUT2D eigenvalue weighted by Crippen LogP contribution is 2.42. The molecule has 0 bridgehead atoms. The van der Waals surface area contributed by atoms with Crippen LogP contribution in [0.25, 0.3) is 12.2 Å². The van der Waals surface area contributed by atoms with E-state index in [0.29, 0.717) is 22.3 Å². The molecular weight excluding hydrogens is 571 g/mol. The van der Waals surface area contributed by atoms with Gasteiger partial charge in [-0.15, -0.1) is 0 Å². The zero-order chi connectivity index (χ0) is 34.4. The highest BCUT2D eigenvalue weighted by Gasteiger charge is 2.28. The first kappa shape index (κ1) is 39.2. The molecule has 0 amide bonds. The Morgan fingerprint density at radius 2 is 1.00 bits per heavy atom. The zero-order valence-corrected chi connectivity index (χ0v) is 30.5. The first-order valence-electron chi connectivity index (χ1n) is 15.4. The summed E-state index contributed by atoms with van der Waals surface area (Å²) in [5, 5.41) is 22.0. The number of ketones is 1. The number of carbonyl (C=O) groups is 1. The van der Waals surface area contributed by atoms with E-state index in [1.54, 1.807) is 18.2 Å². The van der Waals surface area contributed by atoms with Gasteiger partial charge < -0.3 is 19.6 Å². The fraction of sp³-hybridized carbons (Fsp3) is 0.541. The average molecular weight is 629 g/mol. The van der Waals surface area contributed by atoms with Crippen molar-refractivity contribution in [1.82, 2.24) is 0 Å². The molecule has 0 fully saturated rings. The third-order valence-corrected chi connectivity index (χ3v) is 7.56. The highest BCUT2D eigenvalue weighted by molar-refractivity contribution is 7.32. The summed E-state index contributed by atoms with van der Waals surface area (Å²) in [6.07, 6.45) is 7.00. The standard InChI is InChI=1S/C33H47O6P.C4H10/c1-30(2,3)22-15-20(16-23(28(22)35)31(4,5)6)13-14-26(34)27(39-40(37)38)19-21-17-24(32(7,8)9)29(36)25(18-21)33(10,11)12;1-3-4-2/h13-19,35-36,40H,1-12H3,(H,37,38);3-4H2,1-2H3/b14-13+,27-19-;. The molecule has 0 radical (unpaired) electrons. The topological polar surface area (TPSA) is 104 Å². The SMILES string of the molecule is CC(C)(C)c1cc(/C=C(\O[PH](=O)O)C(=O)/C=C/c2cc(C(C)(C)C)c(O)c(C(C)(C)C)c2)cc(C(C)(C)C)c1O.CCCC. The van der Waals surface area contributed by atoms with Crippen LogP contribution < -0.4 is 0 Å². The smallest absolute Gasteiger partial charge is 0.365 e. The summed E-state index contributed by atoms with van der Waals surface area (Å²) in [7, 11) is -3.48. The van der Waals surface area contributed by atoms with Crippen molar-refractivity contribution in [1.29, 1.82) is 0 Å². The molecule has 7 heteroatoms. The number of phenolic OH excluding ortho intramolecular Hbond substituents is 2. The molecule has 1 unspecified atom stereocenters. The van der Waals surface area contributed by atoms with Crippen LogP contribution in [-0.4, -0.2) is 20.9 Å². The molecule has 0 aliphatic heterocycles. The van der Waals surface area contributed by atoms with E-state index < -0.39 is 24.9 Å². The Labute approximate surface area is 267 Å². The van der Waals surface area contributed by atoms with Crippen LogP contribution in [-0.2, 0) is 35.5 Å². The minimum atomic E-state index is -3.48. The second kappa shape index (κ2) is 15.0. The van der Waals surface area contributed by atoms with Gasteiger partial charge in [0, 0.05) is 22.3 Å². The molecule has 44 heavy (non-hydrogen) atoms. The van der Waals surface area contributed by atoms with Gasteiger partial charge in [-0.25, -0.2) is 4.57 Å². The van der Waals surface area contributed by atoms with Crippen LogP contribution in [0.15, 0.2) is 36.1 Å². The molecule has 6 nitrogen and oxygen atoms in total. The highest BCUT2D eigenvalue weighted by atomic mass is 31.1. The van der Waals surface area contributed by atoms with Gasteiger partial charge >= 0.3 is 8.25 Å². The Hall–Kier alpha value is -2.82. The van der Waals surface area contributed by atoms with Crippen molar-refractivity contribution in [2.24, 2.45) is 0 Å². The Morgan fingerprint density at radius 3 is 1.27 bits per heavy atom. The lowest BCUT2D eigenvalue weighted by Crippen LogP contribution is -2.17. The summed E-state index contributed by atoms with van der Waals surface area (Å²) in [6, 6.07) is 7.23. The summed E-state index contributed by atoms with van der Waals surface area (Å²) in [4.78, 5) is 22.9. The normalized spacial score (nSPS) is 13.8. The third-order valence-electron chi connectivity index (χ3n) is 7.16. The van der Waals surface area contributed by atoms with E-state index in [-0.39, 0.29) is 28.1 Å². The minimum absolute atomic E-state index is 0.193. The minimum Gasteiger partial charge on any atom is -0.507 e. The molecule has 2 rings (SSSR count). The molecular formula is C37H57O6P. The van der Waals surface area contributed by atoms with E-state index in [1.807, 2.05) is 95.2 Å². The van der Waals surface area contributed by atoms with Crippen molar-refractivity contribution in [3.63, 3.8) is 0 Å². The maximum Gasteiger partial charge on any atom is 0.365 e. The molecule has 0 spiro atoms. The molecule has 0 aromatic heterocycles. The van der Waals surface area contributed by atoms with Crippen molar-refractivity contribution in [3.05, 3.63) is 69.5 Å². The first-order valence-corrected chi connectivity index (χ1v) is 16.7. The largest absolute Gasteiger partial charge is 0.507 e. The quantitative estimate of drug-likeness (QED) is 0.160. The molecule has 0 aliphatic rings. The van der Waals surface area contributed by atoms with Gasteiger partial charge in [0.2, 0.25) is 5.78 Å². The summed E-state index contributed by atoms with van der Waals surface area (Å²) >= 11 is 0. The Bertz CT molecular complexity index is 1320. The van der Waals surface area contributed by atoms with Crippen LogP contribution >= 0.6 is 8.25 Å². The van der Waals surface area contributed by atoms with Gasteiger partial charge in [-0.05, 0) is 69.2 Å². The van der Waals surface area contributed by atoms with E-state index in [2.05, 4.69) is 13.8 Å². The van der Waals surface area contributed by atoms with Crippen LogP contribution in [0.4, 0.5) is 0 Å². The second-order valence-corrected chi connectivity index (χ2v) is 16.2. The van der Waals surface area contributed by atoms with Gasteiger partial charge in [-0.3, -0.25) is 4.79 Å². The van der Waals surface area contributed by atoms with Crippen molar-refractivity contribution in [3.8, 4) is 11.5 Å². The summed E-state index contributed by atoms with van der Waals surface area (Å²) in [6.45, 7) is 28.3. The molecule has 2 aromatic rings. The lowest BCUT2D eigenvalue weighted by molar-refractivity contribution is -0.113. The van der Waals surface area contributed by atoms with Crippen molar-refractivity contribution >= 4 is 26.2 Å². The Morgan fingerprint density at radius 1 is 0.682 bits per heavy atom. The fourth-order valence-corrected chi connectivity index (χ4v) is 4.78. The number of hydrogen-bond acceptors (Lipinski definition) is 5. The van der Waals surface area contributed by atoms with Crippen molar-refractivity contribution in [2.75, 3.05) is 0 Å². The summed E-state index contributed by atoms with van der Waals surface area (Å²) < 4.78 is 16.8. The predicted molar refractivity (Wildman–Crippen MR) is 186 cm³/mol. The third kappa shape index (κ3) is 11.3. The van der Waals surface area contributed by atoms with Crippen molar-refractivity contribution < 1.29 is 29.0 Å². The number of hydrogen-bond donors (Lipinski definition) is 3. The van der Waals surface area contributed by atoms with Gasteiger partial charge in [0.15, 0.2) is 5.76 Å². The van der Waals surface area contributed by atoms with Crippen LogP contribution in [0.3, 0.4) is 0 Å². The number of rotatable bonds is 7. The van der Waals surface area contributed by atoms with Gasteiger partial charge in [0.1, 0.15) is 11.5 Å². The lowest BCUT2D eigenvalue weighted by atomic mass is 9.78. The van der Waals surface area contributed by atoms with E-state index >= 15 is 0 Å². The van der Waals surface area contributed by atoms with Crippen molar-refractivity contribution in [2.45, 2.75) is 131 Å². The molecule has 0 heterocycles. The van der Waals surface area contributed by atoms with Crippen LogP contribution in [0.2, 0.25) is 0 Å². The van der Waals surface area contributed by atoms with Crippen LogP contribution in [0, 0.1) is 0 Å². The number of allylic oxidation sites excluding steroid dienone is 1. The number of carbonyl (C=O) groups excluding carboxylic acids is 1. The van der Waals surface area contributed by atoms with E-state index in [4.69, 9.17) is 4.52 Å². The number of benzene rings is 2. The second-order valence-electron chi connectivity index (χ2n) is 15.5. The van der Waals surface area contributed by atoms with E-state index in [9.17, 15) is 24.5 Å². The fourth-order valence-electron chi connectivity index (χ4n) is 4.43. The summed E-state index contributed by atoms with van der Waals surface area (Å²) in [5.74, 6) is -0.433. The summed E-state index contributed by atoms with van der Waals surface area (Å²) in [5.41, 5.74) is 2.73. The monoisotopic (exact) mass is 628 g/mol. The molecule has 3 N–H and O–H groups in total. The van der Waals surface area contributed by atoms with Crippen LogP contribution in [0.1, 0.15) is 143 Å². The molecule has 246 valence electrons. The lowest BCUT2D eigenvalue weighted by Gasteiger charge is -2.28. The number of phenols is 2. The maximum atomic E-state index is 13.3. The molecule has 2 aromatic carbocycles. The van der Waals surface area contributed by atoms with E-state index in [0.717, 1.165) is 11.1 Å². The maximum absolute atomic E-state index is 13.3. The zero-order valence-electron chi connectivity index (χ0n) is 29.5. The van der Waals surface area contributed by atoms with Crippen LogP contribution in [0.5, 0.6) is 11.5 Å². The van der Waals surface area contributed by atoms with Gasteiger partial charge in [-0.1, -0.05) is 116 Å². The van der Waals surface area contributed by atoms with Gasteiger partial charge in [-0.2, -0.15) is 0 Å². The number of unbranched alkanes of at least 4 members (excludes halogenated alkanes) is 1.